The summed E-state index contributed by atoms with van der Waals surface area (Å²) < 4.78 is 17.6. The Bertz CT molecular complexity index is 1610. The molecule has 1 aromatic heterocycles. The normalized spacial score (nSPS) is 16.5. The predicted octanol–water partition coefficient (Wildman–Crippen LogP) is 6.43. The van der Waals surface area contributed by atoms with Crippen LogP contribution in [-0.4, -0.2) is 42.6 Å². The molecule has 8 nitrogen and oxygen atoms in total. The monoisotopic (exact) mass is 558 g/mol. The highest BCUT2D eigenvalue weighted by Crippen LogP contribution is 2.46. The van der Waals surface area contributed by atoms with Crippen LogP contribution in [0.4, 0.5) is 5.13 Å². The van der Waals surface area contributed by atoms with E-state index in [0.29, 0.717) is 40.1 Å². The maximum absolute atomic E-state index is 13.6. The number of carbonyl (C=O) groups excluding carboxylic acids is 2. The molecule has 0 spiro atoms. The molecule has 4 aromatic rings. The number of hydrogen-bond donors (Lipinski definition) is 1. The van der Waals surface area contributed by atoms with E-state index >= 15 is 0 Å². The Hall–Kier alpha value is -4.37. The lowest BCUT2D eigenvalue weighted by atomic mass is 9.95. The number of hydrogen-bond acceptors (Lipinski definition) is 8. The van der Waals surface area contributed by atoms with Crippen molar-refractivity contribution in [2.75, 3.05) is 25.7 Å². The zero-order chi connectivity index (χ0) is 28.4. The molecule has 1 atom stereocenters. The van der Waals surface area contributed by atoms with E-state index < -0.39 is 17.7 Å². The van der Waals surface area contributed by atoms with Gasteiger partial charge in [-0.2, -0.15) is 0 Å². The number of unbranched alkanes of at least 4 members (excludes halogenated alkanes) is 1. The van der Waals surface area contributed by atoms with E-state index in [1.165, 1.54) is 23.3 Å². The van der Waals surface area contributed by atoms with Crippen LogP contribution in [0.15, 0.2) is 66.2 Å². The number of benzene rings is 3. The highest BCUT2D eigenvalue weighted by atomic mass is 32.1. The molecule has 40 heavy (non-hydrogen) atoms. The second kappa shape index (κ2) is 11.4. The van der Waals surface area contributed by atoms with Gasteiger partial charge in [0.1, 0.15) is 11.5 Å². The van der Waals surface area contributed by atoms with E-state index in [0.717, 1.165) is 28.6 Å². The summed E-state index contributed by atoms with van der Waals surface area (Å²) in [5.41, 5.74) is 2.70. The molecule has 2 heterocycles. The Balaban J connectivity index is 1.68. The van der Waals surface area contributed by atoms with E-state index in [9.17, 15) is 14.7 Å². The first-order valence-electron chi connectivity index (χ1n) is 13.0. The van der Waals surface area contributed by atoms with Crippen molar-refractivity contribution in [3.8, 4) is 17.2 Å². The minimum absolute atomic E-state index is 0.0349. The lowest BCUT2D eigenvalue weighted by Crippen LogP contribution is -2.29. The molecular formula is C31H30N2O6S. The number of carbonyl (C=O) groups is 2. The van der Waals surface area contributed by atoms with Crippen LogP contribution in [0.5, 0.6) is 17.2 Å². The van der Waals surface area contributed by atoms with Crippen molar-refractivity contribution in [2.45, 2.75) is 32.7 Å². The van der Waals surface area contributed by atoms with Gasteiger partial charge in [-0.25, -0.2) is 4.98 Å². The van der Waals surface area contributed by atoms with Crippen molar-refractivity contribution in [1.29, 1.82) is 0 Å². The highest BCUT2D eigenvalue weighted by molar-refractivity contribution is 7.22. The van der Waals surface area contributed by atoms with Gasteiger partial charge in [0.15, 0.2) is 16.6 Å². The van der Waals surface area contributed by atoms with Gasteiger partial charge in [-0.05, 0) is 73.0 Å². The number of ether oxygens (including phenoxy) is 3. The SMILES string of the molecule is CCCCOc1ccc(C2/C(=C(\O)c3ccc(OC)cc3)C(=O)C(=O)N2c2nc3ccc(C)cc3s2)cc1OC. The molecule has 9 heteroatoms. The molecule has 1 aliphatic heterocycles. The first kappa shape index (κ1) is 27.2. The molecule has 0 radical (unpaired) electrons. The molecule has 1 saturated heterocycles. The number of anilines is 1. The lowest BCUT2D eigenvalue weighted by Gasteiger charge is -2.24. The number of aliphatic hydroxyl groups excluding tert-OH is 1. The summed E-state index contributed by atoms with van der Waals surface area (Å²) in [5.74, 6) is -0.227. The Kier molecular flexibility index (Phi) is 7.75. The van der Waals surface area contributed by atoms with Crippen LogP contribution in [-0.2, 0) is 9.59 Å². The number of rotatable bonds is 9. The Morgan fingerprint density at radius 1 is 1.00 bits per heavy atom. The van der Waals surface area contributed by atoms with E-state index in [2.05, 4.69) is 6.92 Å². The number of thiazole rings is 1. The van der Waals surface area contributed by atoms with Crippen LogP contribution in [0.1, 0.15) is 42.5 Å². The average molecular weight is 559 g/mol. The third kappa shape index (κ3) is 5.00. The van der Waals surface area contributed by atoms with Gasteiger partial charge in [-0.15, -0.1) is 0 Å². The number of amides is 1. The van der Waals surface area contributed by atoms with Crippen molar-refractivity contribution >= 4 is 44.1 Å². The van der Waals surface area contributed by atoms with Crippen LogP contribution in [0.25, 0.3) is 16.0 Å². The standard InChI is InChI=1S/C31H30N2O6S/c1-5-6-15-39-23-14-10-20(17-24(23)38-4)27-26(28(34)19-8-11-21(37-3)12-9-19)29(35)30(36)33(27)31-32-22-13-7-18(2)16-25(22)40-31/h7-14,16-17,27,34H,5-6,15H2,1-4H3/b28-26+. The summed E-state index contributed by atoms with van der Waals surface area (Å²) >= 11 is 1.32. The number of Topliss-reactive ketones (excluding diaryl/α,β-unsaturated/α-hetero) is 1. The largest absolute Gasteiger partial charge is 0.507 e. The van der Waals surface area contributed by atoms with Gasteiger partial charge >= 0.3 is 5.91 Å². The number of aliphatic hydroxyl groups is 1. The van der Waals surface area contributed by atoms with Crippen LogP contribution >= 0.6 is 11.3 Å². The van der Waals surface area contributed by atoms with Gasteiger partial charge in [0.25, 0.3) is 5.78 Å². The van der Waals surface area contributed by atoms with Crippen molar-refractivity contribution in [2.24, 2.45) is 0 Å². The number of fused-ring (bicyclic) bond motifs is 1. The fourth-order valence-corrected chi connectivity index (χ4v) is 5.76. The third-order valence-electron chi connectivity index (χ3n) is 6.81. The number of aryl methyl sites for hydroxylation is 1. The van der Waals surface area contributed by atoms with Crippen LogP contribution < -0.4 is 19.1 Å². The summed E-state index contributed by atoms with van der Waals surface area (Å²) in [4.78, 5) is 33.2. The highest BCUT2D eigenvalue weighted by Gasteiger charge is 2.48. The molecule has 0 saturated carbocycles. The summed E-state index contributed by atoms with van der Waals surface area (Å²) in [5, 5.41) is 11.8. The average Bonchev–Trinajstić information content (AvgIpc) is 3.50. The maximum atomic E-state index is 13.6. The lowest BCUT2D eigenvalue weighted by molar-refractivity contribution is -0.132. The molecular weight excluding hydrogens is 528 g/mol. The summed E-state index contributed by atoms with van der Waals surface area (Å²) in [7, 11) is 3.08. The number of aromatic nitrogens is 1. The number of nitrogens with zero attached hydrogens (tertiary/aromatic N) is 2. The topological polar surface area (TPSA) is 98.2 Å². The van der Waals surface area contributed by atoms with Gasteiger partial charge < -0.3 is 19.3 Å². The molecule has 1 fully saturated rings. The minimum atomic E-state index is -0.942. The van der Waals surface area contributed by atoms with Crippen molar-refractivity contribution in [1.82, 2.24) is 4.98 Å². The minimum Gasteiger partial charge on any atom is -0.507 e. The fourth-order valence-electron chi connectivity index (χ4n) is 4.67. The molecule has 0 aliphatic carbocycles. The molecule has 1 N–H and O–H groups in total. The van der Waals surface area contributed by atoms with Gasteiger partial charge in [0.05, 0.1) is 42.7 Å². The van der Waals surface area contributed by atoms with E-state index in [-0.39, 0.29) is 11.3 Å². The quantitative estimate of drug-likeness (QED) is 0.109. The smallest absolute Gasteiger partial charge is 0.301 e. The molecule has 1 unspecified atom stereocenters. The molecule has 5 rings (SSSR count). The zero-order valence-corrected chi connectivity index (χ0v) is 23.6. The fraction of sp³-hybridized carbons (Fsp3) is 0.258. The molecule has 1 aliphatic rings. The first-order chi connectivity index (χ1) is 19.4. The van der Waals surface area contributed by atoms with Gasteiger partial charge in [-0.3, -0.25) is 14.5 Å². The zero-order valence-electron chi connectivity index (χ0n) is 22.8. The van der Waals surface area contributed by atoms with Gasteiger partial charge in [0, 0.05) is 5.56 Å². The summed E-state index contributed by atoms with van der Waals surface area (Å²) in [6, 6.07) is 16.8. The molecule has 1 amide bonds. The van der Waals surface area contributed by atoms with Crippen LogP contribution in [0, 0.1) is 6.92 Å². The van der Waals surface area contributed by atoms with Crippen molar-refractivity contribution in [3.05, 3.63) is 82.9 Å². The second-order valence-electron chi connectivity index (χ2n) is 9.48. The first-order valence-corrected chi connectivity index (χ1v) is 13.8. The van der Waals surface area contributed by atoms with Gasteiger partial charge in [-0.1, -0.05) is 36.8 Å². The molecule has 3 aromatic carbocycles. The maximum Gasteiger partial charge on any atom is 0.301 e. The van der Waals surface area contributed by atoms with Crippen LogP contribution in [0.3, 0.4) is 0 Å². The van der Waals surface area contributed by atoms with E-state index in [1.807, 2.05) is 25.1 Å². The van der Waals surface area contributed by atoms with E-state index in [1.54, 1.807) is 49.6 Å². The summed E-state index contributed by atoms with van der Waals surface area (Å²) in [6.45, 7) is 4.60. The number of ketones is 1. The Morgan fingerprint density at radius 2 is 1.77 bits per heavy atom. The predicted molar refractivity (Wildman–Crippen MR) is 156 cm³/mol. The van der Waals surface area contributed by atoms with Crippen molar-refractivity contribution < 1.29 is 28.9 Å². The third-order valence-corrected chi connectivity index (χ3v) is 7.82. The second-order valence-corrected chi connectivity index (χ2v) is 10.5. The van der Waals surface area contributed by atoms with Crippen LogP contribution in [0.2, 0.25) is 0 Å². The van der Waals surface area contributed by atoms with Gasteiger partial charge in [0.2, 0.25) is 0 Å². The summed E-state index contributed by atoms with van der Waals surface area (Å²) in [6.07, 6.45) is 1.88. The number of methoxy groups -OCH3 is 2. The molecule has 0 bridgehead atoms. The molecule has 206 valence electrons. The van der Waals surface area contributed by atoms with Crippen molar-refractivity contribution in [3.63, 3.8) is 0 Å². The Morgan fingerprint density at radius 3 is 2.48 bits per heavy atom. The van der Waals surface area contributed by atoms with E-state index in [4.69, 9.17) is 19.2 Å². The Labute approximate surface area is 236 Å².